The molecule has 0 N–H and O–H groups in total. The van der Waals surface area contributed by atoms with Gasteiger partial charge in [-0.3, -0.25) is 9.69 Å². The van der Waals surface area contributed by atoms with Gasteiger partial charge in [-0.05, 0) is 36.4 Å². The Balaban J connectivity index is 1.29. The second-order valence-corrected chi connectivity index (χ2v) is 7.63. The average molecular weight is 439 g/mol. The molecule has 31 heavy (non-hydrogen) atoms. The van der Waals surface area contributed by atoms with Crippen LogP contribution in [0, 0.1) is 0 Å². The van der Waals surface area contributed by atoms with Gasteiger partial charge in [-0.2, -0.15) is 4.98 Å². The van der Waals surface area contributed by atoms with Gasteiger partial charge in [0.25, 0.3) is 0 Å². The summed E-state index contributed by atoms with van der Waals surface area (Å²) in [6.45, 7) is 3.33. The number of halogens is 1. The van der Waals surface area contributed by atoms with Crippen LogP contribution in [-0.4, -0.2) is 59.1 Å². The monoisotopic (exact) mass is 438 g/mol. The highest BCUT2D eigenvalue weighted by Crippen LogP contribution is 2.20. The average Bonchev–Trinajstić information content (AvgIpc) is 3.27. The van der Waals surface area contributed by atoms with E-state index in [2.05, 4.69) is 15.0 Å². The maximum absolute atomic E-state index is 12.5. The van der Waals surface area contributed by atoms with Crippen molar-refractivity contribution in [2.75, 3.05) is 33.3 Å². The summed E-state index contributed by atoms with van der Waals surface area (Å²) in [6.07, 6.45) is 3.40. The fourth-order valence-electron chi connectivity index (χ4n) is 3.42. The molecule has 160 valence electrons. The second kappa shape index (κ2) is 9.76. The zero-order chi connectivity index (χ0) is 21.6. The van der Waals surface area contributed by atoms with Crippen molar-refractivity contribution in [3.8, 4) is 17.1 Å². The molecule has 3 aromatic rings. The van der Waals surface area contributed by atoms with E-state index in [1.165, 1.54) is 0 Å². The van der Waals surface area contributed by atoms with Gasteiger partial charge in [-0.25, -0.2) is 0 Å². The Morgan fingerprint density at radius 3 is 2.61 bits per heavy atom. The third-order valence-corrected chi connectivity index (χ3v) is 5.41. The number of carbonyl (C=O) groups excluding carboxylic acids is 1. The topological polar surface area (TPSA) is 71.7 Å². The summed E-state index contributed by atoms with van der Waals surface area (Å²) in [6, 6.07) is 14.9. The zero-order valence-electron chi connectivity index (χ0n) is 17.2. The van der Waals surface area contributed by atoms with Gasteiger partial charge in [0.1, 0.15) is 5.75 Å². The van der Waals surface area contributed by atoms with Crippen molar-refractivity contribution in [1.82, 2.24) is 19.9 Å². The smallest absolute Gasteiger partial charge is 0.246 e. The first-order valence-corrected chi connectivity index (χ1v) is 10.4. The van der Waals surface area contributed by atoms with E-state index in [1.54, 1.807) is 31.4 Å². The summed E-state index contributed by atoms with van der Waals surface area (Å²) in [7, 11) is 1.62. The van der Waals surface area contributed by atoms with Gasteiger partial charge in [-0.15, -0.1) is 0 Å². The van der Waals surface area contributed by atoms with E-state index in [1.807, 2.05) is 41.3 Å². The summed E-state index contributed by atoms with van der Waals surface area (Å²) in [5.74, 6) is 1.84. The van der Waals surface area contributed by atoms with Gasteiger partial charge in [0, 0.05) is 48.4 Å². The Morgan fingerprint density at radius 1 is 1.13 bits per heavy atom. The molecule has 1 aromatic heterocycles. The molecular weight excluding hydrogens is 416 g/mol. The van der Waals surface area contributed by atoms with Crippen molar-refractivity contribution >= 4 is 23.6 Å². The third kappa shape index (κ3) is 5.31. The fourth-order valence-corrected chi connectivity index (χ4v) is 3.55. The van der Waals surface area contributed by atoms with Crippen LogP contribution in [0.4, 0.5) is 0 Å². The van der Waals surface area contributed by atoms with E-state index in [9.17, 15) is 4.79 Å². The number of carbonyl (C=O) groups is 1. The Hall–Kier alpha value is -3.16. The molecule has 2 heterocycles. The Bertz CT molecular complexity index is 1060. The molecule has 1 amide bonds. The Morgan fingerprint density at radius 2 is 1.87 bits per heavy atom. The number of hydrogen-bond donors (Lipinski definition) is 0. The van der Waals surface area contributed by atoms with E-state index in [0.29, 0.717) is 36.4 Å². The number of ether oxygens (including phenoxy) is 1. The number of amides is 1. The van der Waals surface area contributed by atoms with Crippen LogP contribution in [0.3, 0.4) is 0 Å². The Kier molecular flexibility index (Phi) is 6.64. The number of benzene rings is 2. The molecule has 0 bridgehead atoms. The maximum atomic E-state index is 12.5. The van der Waals surface area contributed by atoms with Crippen LogP contribution in [0.1, 0.15) is 11.5 Å². The predicted molar refractivity (Wildman–Crippen MR) is 119 cm³/mol. The van der Waals surface area contributed by atoms with Crippen LogP contribution in [0.2, 0.25) is 5.02 Å². The van der Waals surface area contributed by atoms with Crippen molar-refractivity contribution in [3.63, 3.8) is 0 Å². The lowest BCUT2D eigenvalue weighted by atomic mass is 10.2. The largest absolute Gasteiger partial charge is 0.496 e. The lowest BCUT2D eigenvalue weighted by molar-refractivity contribution is -0.127. The van der Waals surface area contributed by atoms with Gasteiger partial charge in [-0.1, -0.05) is 35.0 Å². The van der Waals surface area contributed by atoms with Gasteiger partial charge < -0.3 is 14.2 Å². The van der Waals surface area contributed by atoms with Crippen LogP contribution in [0.5, 0.6) is 5.75 Å². The minimum atomic E-state index is -0.00614. The second-order valence-electron chi connectivity index (χ2n) is 7.20. The molecule has 1 fully saturated rings. The summed E-state index contributed by atoms with van der Waals surface area (Å²) in [5, 5.41) is 4.72. The molecule has 0 aliphatic carbocycles. The molecule has 0 spiro atoms. The minimum Gasteiger partial charge on any atom is -0.496 e. The van der Waals surface area contributed by atoms with E-state index in [0.717, 1.165) is 30.0 Å². The van der Waals surface area contributed by atoms with Crippen LogP contribution in [-0.2, 0) is 11.3 Å². The summed E-state index contributed by atoms with van der Waals surface area (Å²) >= 11 is 5.92. The van der Waals surface area contributed by atoms with Gasteiger partial charge in [0.05, 0.1) is 13.7 Å². The van der Waals surface area contributed by atoms with E-state index in [4.69, 9.17) is 20.9 Å². The summed E-state index contributed by atoms with van der Waals surface area (Å²) < 4.78 is 10.7. The highest BCUT2D eigenvalue weighted by Gasteiger charge is 2.21. The highest BCUT2D eigenvalue weighted by molar-refractivity contribution is 6.30. The molecule has 2 aromatic carbocycles. The lowest BCUT2D eigenvalue weighted by Gasteiger charge is -2.33. The maximum Gasteiger partial charge on any atom is 0.246 e. The van der Waals surface area contributed by atoms with Crippen molar-refractivity contribution in [2.45, 2.75) is 6.54 Å². The first-order chi connectivity index (χ1) is 15.1. The third-order valence-electron chi connectivity index (χ3n) is 5.16. The minimum absolute atomic E-state index is 0.00614. The number of para-hydroxylation sites is 1. The van der Waals surface area contributed by atoms with Crippen LogP contribution in [0.25, 0.3) is 17.5 Å². The molecule has 0 saturated carbocycles. The molecule has 0 atom stereocenters. The quantitative estimate of drug-likeness (QED) is 0.546. The summed E-state index contributed by atoms with van der Waals surface area (Å²) in [4.78, 5) is 21.1. The van der Waals surface area contributed by atoms with Crippen LogP contribution < -0.4 is 4.74 Å². The first-order valence-electron chi connectivity index (χ1n) is 10.0. The number of methoxy groups -OCH3 is 1. The van der Waals surface area contributed by atoms with Crippen molar-refractivity contribution in [3.05, 3.63) is 71.1 Å². The molecular formula is C23H23ClN4O3. The SMILES string of the molecule is COc1ccccc1/C=C/C(=O)N1CCN(Cc2nc(-c3ccc(Cl)cc3)no2)CC1. The number of rotatable bonds is 6. The number of aromatic nitrogens is 2. The molecule has 1 aliphatic heterocycles. The van der Waals surface area contributed by atoms with Crippen molar-refractivity contribution in [2.24, 2.45) is 0 Å². The van der Waals surface area contributed by atoms with Crippen LogP contribution >= 0.6 is 11.6 Å². The lowest BCUT2D eigenvalue weighted by Crippen LogP contribution is -2.47. The van der Waals surface area contributed by atoms with Gasteiger partial charge in [0.15, 0.2) is 0 Å². The van der Waals surface area contributed by atoms with E-state index < -0.39 is 0 Å². The van der Waals surface area contributed by atoms with Gasteiger partial charge >= 0.3 is 0 Å². The van der Waals surface area contributed by atoms with Crippen LogP contribution in [0.15, 0.2) is 59.1 Å². The molecule has 8 heteroatoms. The summed E-state index contributed by atoms with van der Waals surface area (Å²) in [5.41, 5.74) is 1.74. The predicted octanol–water partition coefficient (Wildman–Crippen LogP) is 3.76. The molecule has 0 unspecified atom stereocenters. The zero-order valence-corrected chi connectivity index (χ0v) is 18.0. The Labute approximate surface area is 185 Å². The number of nitrogens with zero attached hydrogens (tertiary/aromatic N) is 4. The highest BCUT2D eigenvalue weighted by atomic mass is 35.5. The molecule has 1 aliphatic rings. The number of hydrogen-bond acceptors (Lipinski definition) is 6. The standard InChI is InChI=1S/C23H23ClN4O3/c1-30-20-5-3-2-4-17(20)8-11-22(29)28-14-12-27(13-15-28)16-21-25-23(26-31-21)18-6-9-19(24)10-7-18/h2-11H,12-16H2,1H3/b11-8+. The molecule has 7 nitrogen and oxygen atoms in total. The molecule has 4 rings (SSSR count). The molecule has 0 radical (unpaired) electrons. The van der Waals surface area contributed by atoms with Crippen molar-refractivity contribution < 1.29 is 14.1 Å². The van der Waals surface area contributed by atoms with E-state index in [-0.39, 0.29) is 5.91 Å². The number of piperazine rings is 1. The first kappa shape index (κ1) is 21.1. The van der Waals surface area contributed by atoms with E-state index >= 15 is 0 Å². The van der Waals surface area contributed by atoms with Gasteiger partial charge in [0.2, 0.25) is 17.6 Å². The fraction of sp³-hybridized carbons (Fsp3) is 0.261. The molecule has 1 saturated heterocycles. The normalized spacial score (nSPS) is 14.8. The van der Waals surface area contributed by atoms with Crippen molar-refractivity contribution in [1.29, 1.82) is 0 Å².